The summed E-state index contributed by atoms with van der Waals surface area (Å²) in [6.45, 7) is 0. The van der Waals surface area contributed by atoms with E-state index in [0.29, 0.717) is 11.5 Å². The Morgan fingerprint density at radius 1 is 0.963 bits per heavy atom. The number of thiophene rings is 1. The van der Waals surface area contributed by atoms with E-state index in [1.165, 1.54) is 0 Å². The van der Waals surface area contributed by atoms with Crippen molar-refractivity contribution in [3.8, 4) is 22.6 Å². The largest absolute Gasteiger partial charge is 0.493 e. The highest BCUT2D eigenvalue weighted by Crippen LogP contribution is 2.40. The predicted molar refractivity (Wildman–Crippen MR) is 113 cm³/mol. The lowest BCUT2D eigenvalue weighted by molar-refractivity contribution is 0.355. The molecule has 7 heteroatoms. The number of methoxy groups -OCH3 is 2. The van der Waals surface area contributed by atoms with Gasteiger partial charge in [0, 0.05) is 21.1 Å². The molecule has 0 fully saturated rings. The van der Waals surface area contributed by atoms with Crippen molar-refractivity contribution < 1.29 is 9.47 Å². The van der Waals surface area contributed by atoms with Crippen LogP contribution in [0.3, 0.4) is 0 Å². The van der Waals surface area contributed by atoms with Crippen LogP contribution < -0.4 is 14.8 Å². The average molecular weight is 442 g/mol. The number of nitrogens with zero attached hydrogens (tertiary/aromatic N) is 2. The van der Waals surface area contributed by atoms with Crippen LogP contribution in [-0.2, 0) is 0 Å². The monoisotopic (exact) mass is 441 g/mol. The minimum atomic E-state index is 0.689. The van der Waals surface area contributed by atoms with Crippen LogP contribution in [0.4, 0.5) is 11.5 Å². The van der Waals surface area contributed by atoms with Gasteiger partial charge in [0.1, 0.15) is 17.0 Å². The number of benzene rings is 2. The smallest absolute Gasteiger partial charge is 0.161 e. The first-order chi connectivity index (χ1) is 13.2. The van der Waals surface area contributed by atoms with Crippen LogP contribution in [0.2, 0.25) is 0 Å². The van der Waals surface area contributed by atoms with Crippen molar-refractivity contribution in [2.75, 3.05) is 19.5 Å². The summed E-state index contributed by atoms with van der Waals surface area (Å²) in [5.74, 6) is 2.16. The highest BCUT2D eigenvalue weighted by Gasteiger charge is 2.15. The molecule has 0 atom stereocenters. The Labute approximate surface area is 169 Å². The van der Waals surface area contributed by atoms with E-state index in [1.807, 2.05) is 42.5 Å². The first kappa shape index (κ1) is 17.8. The maximum Gasteiger partial charge on any atom is 0.161 e. The zero-order chi connectivity index (χ0) is 18.8. The fourth-order valence-corrected chi connectivity index (χ4v) is 4.04. The second-order valence-corrected chi connectivity index (χ2v) is 7.53. The van der Waals surface area contributed by atoms with Gasteiger partial charge < -0.3 is 14.8 Å². The van der Waals surface area contributed by atoms with Crippen molar-refractivity contribution in [1.82, 2.24) is 9.97 Å². The lowest BCUT2D eigenvalue weighted by Gasteiger charge is -2.11. The van der Waals surface area contributed by atoms with Crippen molar-refractivity contribution in [2.24, 2.45) is 0 Å². The molecule has 0 amide bonds. The van der Waals surface area contributed by atoms with Gasteiger partial charge >= 0.3 is 0 Å². The number of fused-ring (bicyclic) bond motifs is 1. The normalized spacial score (nSPS) is 10.8. The summed E-state index contributed by atoms with van der Waals surface area (Å²) in [6, 6.07) is 13.9. The molecular weight excluding hydrogens is 426 g/mol. The molecule has 0 saturated heterocycles. The number of halogens is 1. The Kier molecular flexibility index (Phi) is 4.96. The quantitative estimate of drug-likeness (QED) is 0.418. The number of hydrogen-bond acceptors (Lipinski definition) is 6. The van der Waals surface area contributed by atoms with Crippen LogP contribution in [0.15, 0.2) is 58.6 Å². The van der Waals surface area contributed by atoms with Gasteiger partial charge in [0.2, 0.25) is 0 Å². The molecule has 0 aliphatic heterocycles. The van der Waals surface area contributed by atoms with Crippen molar-refractivity contribution >= 4 is 49.0 Å². The molecule has 1 N–H and O–H groups in total. The van der Waals surface area contributed by atoms with Crippen molar-refractivity contribution in [3.05, 3.63) is 58.6 Å². The van der Waals surface area contributed by atoms with Gasteiger partial charge in [-0.3, -0.25) is 0 Å². The van der Waals surface area contributed by atoms with Gasteiger partial charge in [0.05, 0.1) is 19.6 Å². The summed E-state index contributed by atoms with van der Waals surface area (Å²) in [4.78, 5) is 9.83. The van der Waals surface area contributed by atoms with Gasteiger partial charge in [0.15, 0.2) is 11.5 Å². The summed E-state index contributed by atoms with van der Waals surface area (Å²) in [6.07, 6.45) is 1.58. The molecule has 27 heavy (non-hydrogen) atoms. The zero-order valence-electron chi connectivity index (χ0n) is 14.7. The number of anilines is 2. The fraction of sp³-hybridized carbons (Fsp3) is 0.100. The summed E-state index contributed by atoms with van der Waals surface area (Å²) in [5, 5.41) is 6.47. The molecule has 5 nitrogen and oxygen atoms in total. The molecule has 0 radical (unpaired) electrons. The Morgan fingerprint density at radius 2 is 1.74 bits per heavy atom. The minimum absolute atomic E-state index is 0.689. The molecule has 0 spiro atoms. The van der Waals surface area contributed by atoms with E-state index in [0.717, 1.165) is 37.3 Å². The third kappa shape index (κ3) is 3.48. The third-order valence-electron chi connectivity index (χ3n) is 4.17. The molecule has 0 saturated carbocycles. The van der Waals surface area contributed by atoms with E-state index < -0.39 is 0 Å². The van der Waals surface area contributed by atoms with Gasteiger partial charge in [-0.2, -0.15) is 0 Å². The Hall–Kier alpha value is -2.64. The molecule has 4 aromatic rings. The average Bonchev–Trinajstić information content (AvgIpc) is 3.14. The van der Waals surface area contributed by atoms with Crippen LogP contribution >= 0.6 is 27.3 Å². The highest BCUT2D eigenvalue weighted by atomic mass is 79.9. The maximum atomic E-state index is 5.45. The number of nitrogens with one attached hydrogen (secondary N) is 1. The van der Waals surface area contributed by atoms with Gasteiger partial charge in [-0.05, 0) is 42.0 Å². The topological polar surface area (TPSA) is 56.3 Å². The van der Waals surface area contributed by atoms with Gasteiger partial charge in [-0.1, -0.05) is 22.0 Å². The third-order valence-corrected chi connectivity index (χ3v) is 5.59. The van der Waals surface area contributed by atoms with E-state index in [4.69, 9.17) is 9.47 Å². The van der Waals surface area contributed by atoms with Crippen LogP contribution in [0.25, 0.3) is 21.3 Å². The second-order valence-electron chi connectivity index (χ2n) is 5.75. The van der Waals surface area contributed by atoms with E-state index in [-0.39, 0.29) is 0 Å². The lowest BCUT2D eigenvalue weighted by atomic mass is 10.1. The number of ether oxygens (including phenoxy) is 2. The molecule has 0 aliphatic rings. The first-order valence-corrected chi connectivity index (χ1v) is 9.84. The summed E-state index contributed by atoms with van der Waals surface area (Å²) in [7, 11) is 3.27. The van der Waals surface area contributed by atoms with Crippen LogP contribution in [0.5, 0.6) is 11.5 Å². The second kappa shape index (κ2) is 7.54. The summed E-state index contributed by atoms with van der Waals surface area (Å²) < 4.78 is 11.8. The molecule has 0 bridgehead atoms. The standard InChI is InChI=1S/C20H16BrN3O2S/c1-25-16-8-3-12(9-17(16)26-2)15-10-27-20-18(15)19(22-11-23-20)24-14-6-4-13(21)5-7-14/h3-11H,1-2H3,(H,22,23,24). The molecule has 2 heterocycles. The molecule has 0 unspecified atom stereocenters. The highest BCUT2D eigenvalue weighted by molar-refractivity contribution is 9.10. The van der Waals surface area contributed by atoms with Crippen molar-refractivity contribution in [1.29, 1.82) is 0 Å². The number of aromatic nitrogens is 2. The summed E-state index contributed by atoms with van der Waals surface area (Å²) in [5.41, 5.74) is 3.03. The van der Waals surface area contributed by atoms with Gasteiger partial charge in [0.25, 0.3) is 0 Å². The predicted octanol–water partition coefficient (Wildman–Crippen LogP) is 5.88. The minimum Gasteiger partial charge on any atom is -0.493 e. The molecular formula is C20H16BrN3O2S. The summed E-state index contributed by atoms with van der Waals surface area (Å²) >= 11 is 5.05. The lowest BCUT2D eigenvalue weighted by Crippen LogP contribution is -1.95. The van der Waals surface area contributed by atoms with E-state index >= 15 is 0 Å². The van der Waals surface area contributed by atoms with Gasteiger partial charge in [-0.15, -0.1) is 11.3 Å². The Bertz CT molecular complexity index is 1100. The SMILES string of the molecule is COc1ccc(-c2csc3ncnc(Nc4ccc(Br)cc4)c23)cc1OC. The fourth-order valence-electron chi connectivity index (χ4n) is 2.86. The maximum absolute atomic E-state index is 5.45. The molecule has 0 aliphatic carbocycles. The number of rotatable bonds is 5. The zero-order valence-corrected chi connectivity index (χ0v) is 17.1. The molecule has 2 aromatic heterocycles. The first-order valence-electron chi connectivity index (χ1n) is 8.17. The molecule has 136 valence electrons. The van der Waals surface area contributed by atoms with Crippen molar-refractivity contribution in [3.63, 3.8) is 0 Å². The van der Waals surface area contributed by atoms with Crippen LogP contribution in [-0.4, -0.2) is 24.2 Å². The van der Waals surface area contributed by atoms with Crippen LogP contribution in [0, 0.1) is 0 Å². The van der Waals surface area contributed by atoms with E-state index in [1.54, 1.807) is 31.9 Å². The Balaban J connectivity index is 1.82. The van der Waals surface area contributed by atoms with Crippen molar-refractivity contribution in [2.45, 2.75) is 0 Å². The number of hydrogen-bond donors (Lipinski definition) is 1. The van der Waals surface area contributed by atoms with Crippen LogP contribution in [0.1, 0.15) is 0 Å². The Morgan fingerprint density at radius 3 is 2.48 bits per heavy atom. The van der Waals surface area contributed by atoms with E-state index in [2.05, 4.69) is 36.6 Å². The van der Waals surface area contributed by atoms with E-state index in [9.17, 15) is 0 Å². The molecule has 2 aromatic carbocycles. The molecule has 4 rings (SSSR count). The van der Waals surface area contributed by atoms with Gasteiger partial charge in [-0.25, -0.2) is 9.97 Å².